The first kappa shape index (κ1) is 9.90. The van der Waals surface area contributed by atoms with Crippen LogP contribution in [0.5, 0.6) is 0 Å². The number of hydrogen-bond donors (Lipinski definition) is 0. The molecule has 0 atom stereocenters. The van der Waals surface area contributed by atoms with Crippen LogP contribution in [0.25, 0.3) is 11.4 Å². The van der Waals surface area contributed by atoms with Crippen LogP contribution in [-0.4, -0.2) is 14.8 Å². The van der Waals surface area contributed by atoms with E-state index >= 15 is 0 Å². The molecule has 2 aromatic rings. The predicted molar refractivity (Wildman–Crippen MR) is 60.5 cm³/mol. The normalized spacial score (nSPS) is 10.5. The van der Waals surface area contributed by atoms with E-state index in [1.807, 2.05) is 10.7 Å². The summed E-state index contributed by atoms with van der Waals surface area (Å²) >= 11 is 0. The van der Waals surface area contributed by atoms with Crippen LogP contribution in [0, 0.1) is 0 Å². The zero-order valence-corrected chi connectivity index (χ0v) is 9.14. The topological polar surface area (TPSA) is 30.7 Å². The Hall–Kier alpha value is -1.64. The molecule has 3 nitrogen and oxygen atoms in total. The van der Waals surface area contributed by atoms with Crippen molar-refractivity contribution in [3.63, 3.8) is 0 Å². The summed E-state index contributed by atoms with van der Waals surface area (Å²) in [4.78, 5) is 4.32. The van der Waals surface area contributed by atoms with Crippen LogP contribution in [0.1, 0.15) is 19.4 Å². The highest BCUT2D eigenvalue weighted by molar-refractivity contribution is 5.59. The number of aryl methyl sites for hydroxylation is 2. The summed E-state index contributed by atoms with van der Waals surface area (Å²) < 4.78 is 1.85. The molecule has 0 aliphatic heterocycles. The van der Waals surface area contributed by atoms with Crippen molar-refractivity contribution >= 4 is 0 Å². The molecule has 0 N–H and O–H groups in total. The number of nitrogens with zero attached hydrogens (tertiary/aromatic N) is 3. The van der Waals surface area contributed by atoms with E-state index in [9.17, 15) is 0 Å². The lowest BCUT2D eigenvalue weighted by atomic mass is 10.1. The van der Waals surface area contributed by atoms with Crippen LogP contribution < -0.4 is 0 Å². The Morgan fingerprint density at radius 2 is 2.00 bits per heavy atom. The van der Waals surface area contributed by atoms with Crippen LogP contribution in [0.3, 0.4) is 0 Å². The van der Waals surface area contributed by atoms with Crippen molar-refractivity contribution in [1.29, 1.82) is 0 Å². The van der Waals surface area contributed by atoms with Gasteiger partial charge < -0.3 is 0 Å². The van der Waals surface area contributed by atoms with Crippen molar-refractivity contribution in [2.45, 2.75) is 26.8 Å². The maximum absolute atomic E-state index is 4.41. The second-order valence-electron chi connectivity index (χ2n) is 3.43. The van der Waals surface area contributed by atoms with E-state index in [-0.39, 0.29) is 0 Å². The molecule has 2 rings (SSSR count). The first-order chi connectivity index (χ1) is 7.35. The summed E-state index contributed by atoms with van der Waals surface area (Å²) in [5.41, 5.74) is 2.44. The van der Waals surface area contributed by atoms with Crippen molar-refractivity contribution < 1.29 is 0 Å². The van der Waals surface area contributed by atoms with E-state index in [1.165, 1.54) is 5.56 Å². The maximum atomic E-state index is 4.41. The molecule has 0 fully saturated rings. The third-order valence-corrected chi connectivity index (χ3v) is 2.50. The van der Waals surface area contributed by atoms with E-state index < -0.39 is 0 Å². The van der Waals surface area contributed by atoms with Gasteiger partial charge in [0.2, 0.25) is 0 Å². The van der Waals surface area contributed by atoms with Crippen LogP contribution in [0.4, 0.5) is 0 Å². The molecule has 1 aromatic carbocycles. The van der Waals surface area contributed by atoms with Crippen LogP contribution >= 0.6 is 0 Å². The van der Waals surface area contributed by atoms with Gasteiger partial charge in [0.15, 0.2) is 5.82 Å². The Morgan fingerprint density at radius 3 is 2.67 bits per heavy atom. The molecule has 1 heterocycles. The molecule has 0 aliphatic carbocycles. The van der Waals surface area contributed by atoms with Crippen molar-refractivity contribution in [3.8, 4) is 11.4 Å². The average Bonchev–Trinajstić information content (AvgIpc) is 2.77. The molecule has 0 saturated heterocycles. The van der Waals surface area contributed by atoms with Gasteiger partial charge in [0.05, 0.1) is 0 Å². The molecule has 0 bridgehead atoms. The van der Waals surface area contributed by atoms with Gasteiger partial charge in [-0.3, -0.25) is 4.68 Å². The van der Waals surface area contributed by atoms with E-state index in [4.69, 9.17) is 0 Å². The first-order valence-electron chi connectivity index (χ1n) is 5.32. The summed E-state index contributed by atoms with van der Waals surface area (Å²) in [6.45, 7) is 5.07. The quantitative estimate of drug-likeness (QED) is 0.764. The third-order valence-electron chi connectivity index (χ3n) is 2.50. The zero-order chi connectivity index (χ0) is 10.7. The molecular formula is C12H15N3. The van der Waals surface area contributed by atoms with Crippen molar-refractivity contribution in [1.82, 2.24) is 14.8 Å². The smallest absolute Gasteiger partial charge is 0.181 e. The maximum Gasteiger partial charge on any atom is 0.181 e. The predicted octanol–water partition coefficient (Wildman–Crippen LogP) is 2.53. The van der Waals surface area contributed by atoms with Crippen LogP contribution in [0.2, 0.25) is 0 Å². The van der Waals surface area contributed by atoms with Gasteiger partial charge in [-0.25, -0.2) is 4.98 Å². The fourth-order valence-corrected chi connectivity index (χ4v) is 1.62. The SMILES string of the molecule is CCc1ccccc1-c1ncn(CC)n1. The minimum Gasteiger partial charge on any atom is -0.253 e. The van der Waals surface area contributed by atoms with Crippen LogP contribution in [-0.2, 0) is 13.0 Å². The highest BCUT2D eigenvalue weighted by Gasteiger charge is 2.06. The second-order valence-corrected chi connectivity index (χ2v) is 3.43. The zero-order valence-electron chi connectivity index (χ0n) is 9.14. The first-order valence-corrected chi connectivity index (χ1v) is 5.32. The van der Waals surface area contributed by atoms with Gasteiger partial charge in [-0.15, -0.1) is 0 Å². The Kier molecular flexibility index (Phi) is 2.81. The van der Waals surface area contributed by atoms with Crippen molar-refractivity contribution in [2.24, 2.45) is 0 Å². The number of aromatic nitrogens is 3. The Labute approximate surface area is 89.8 Å². The lowest BCUT2D eigenvalue weighted by Gasteiger charge is -2.02. The summed E-state index contributed by atoms with van der Waals surface area (Å²) in [5, 5.41) is 4.41. The van der Waals surface area contributed by atoms with Gasteiger partial charge in [0.1, 0.15) is 6.33 Å². The van der Waals surface area contributed by atoms with Gasteiger partial charge in [0.25, 0.3) is 0 Å². The highest BCUT2D eigenvalue weighted by atomic mass is 15.3. The van der Waals surface area contributed by atoms with Gasteiger partial charge in [-0.2, -0.15) is 5.10 Å². The van der Waals surface area contributed by atoms with Gasteiger partial charge >= 0.3 is 0 Å². The van der Waals surface area contributed by atoms with Gasteiger partial charge in [0, 0.05) is 12.1 Å². The lowest BCUT2D eigenvalue weighted by Crippen LogP contribution is -1.95. The van der Waals surface area contributed by atoms with Crippen molar-refractivity contribution in [2.75, 3.05) is 0 Å². The number of rotatable bonds is 3. The highest BCUT2D eigenvalue weighted by Crippen LogP contribution is 2.19. The Balaban J connectivity index is 2.44. The Morgan fingerprint density at radius 1 is 1.20 bits per heavy atom. The lowest BCUT2D eigenvalue weighted by molar-refractivity contribution is 0.659. The van der Waals surface area contributed by atoms with E-state index in [0.717, 1.165) is 24.4 Å². The summed E-state index contributed by atoms with van der Waals surface area (Å²) in [5.74, 6) is 0.828. The molecular weight excluding hydrogens is 186 g/mol. The van der Waals surface area contributed by atoms with Crippen LogP contribution in [0.15, 0.2) is 30.6 Å². The molecule has 3 heteroatoms. The molecule has 0 aliphatic rings. The monoisotopic (exact) mass is 201 g/mol. The van der Waals surface area contributed by atoms with Crippen molar-refractivity contribution in [3.05, 3.63) is 36.2 Å². The number of hydrogen-bond acceptors (Lipinski definition) is 2. The Bertz CT molecular complexity index is 446. The fourth-order valence-electron chi connectivity index (χ4n) is 1.62. The minimum absolute atomic E-state index is 0.828. The fraction of sp³-hybridized carbons (Fsp3) is 0.333. The number of benzene rings is 1. The molecule has 0 unspecified atom stereocenters. The second kappa shape index (κ2) is 4.26. The third kappa shape index (κ3) is 1.91. The van der Waals surface area contributed by atoms with Gasteiger partial charge in [-0.05, 0) is 18.9 Å². The molecule has 0 amide bonds. The summed E-state index contributed by atoms with van der Waals surface area (Å²) in [6, 6.07) is 8.29. The largest absolute Gasteiger partial charge is 0.253 e. The summed E-state index contributed by atoms with van der Waals surface area (Å²) in [7, 11) is 0. The molecule has 0 saturated carbocycles. The molecule has 78 valence electrons. The molecule has 0 radical (unpaired) electrons. The summed E-state index contributed by atoms with van der Waals surface area (Å²) in [6.07, 6.45) is 2.79. The standard InChI is InChI=1S/C12H15N3/c1-3-10-7-5-6-8-11(10)12-13-9-15(4-2)14-12/h5-9H,3-4H2,1-2H3. The van der Waals surface area contributed by atoms with E-state index in [2.05, 4.69) is 42.1 Å². The van der Waals surface area contributed by atoms with E-state index in [0.29, 0.717) is 0 Å². The molecule has 0 spiro atoms. The van der Waals surface area contributed by atoms with E-state index in [1.54, 1.807) is 6.33 Å². The van der Waals surface area contributed by atoms with Gasteiger partial charge in [-0.1, -0.05) is 31.2 Å². The minimum atomic E-state index is 0.828. The molecule has 15 heavy (non-hydrogen) atoms. The average molecular weight is 201 g/mol. The molecule has 1 aromatic heterocycles.